The lowest BCUT2D eigenvalue weighted by Crippen LogP contribution is -2.16. The van der Waals surface area contributed by atoms with Crippen LogP contribution in [-0.2, 0) is 11.3 Å². The van der Waals surface area contributed by atoms with Crippen molar-refractivity contribution in [2.45, 2.75) is 13.5 Å². The summed E-state index contributed by atoms with van der Waals surface area (Å²) in [4.78, 5) is 29.3. The van der Waals surface area contributed by atoms with Crippen molar-refractivity contribution in [2.75, 3.05) is 6.61 Å². The Labute approximate surface area is 175 Å². The third-order valence-corrected chi connectivity index (χ3v) is 5.29. The van der Waals surface area contributed by atoms with E-state index >= 15 is 0 Å². The standard InChI is InChI=1S/C20H16Cl2N2O3S/c1-3-7-24-16-6-5-12(19(26)27-4-2)10-17(16)28-20(24)23-18(25)13-8-14(21)11-15(22)9-13/h3,5-6,8-11H,1,4,7H2,2H3. The van der Waals surface area contributed by atoms with Crippen molar-refractivity contribution in [2.24, 2.45) is 4.99 Å². The maximum Gasteiger partial charge on any atom is 0.338 e. The molecule has 144 valence electrons. The summed E-state index contributed by atoms with van der Waals surface area (Å²) < 4.78 is 7.71. The number of aromatic nitrogens is 1. The van der Waals surface area contributed by atoms with Crippen LogP contribution >= 0.6 is 34.5 Å². The van der Waals surface area contributed by atoms with Crippen LogP contribution in [0.3, 0.4) is 0 Å². The summed E-state index contributed by atoms with van der Waals surface area (Å²) in [5.74, 6) is -0.851. The van der Waals surface area contributed by atoms with Gasteiger partial charge in [-0.1, -0.05) is 40.6 Å². The molecule has 0 aliphatic carbocycles. The zero-order valence-corrected chi connectivity index (χ0v) is 17.3. The van der Waals surface area contributed by atoms with E-state index in [1.807, 2.05) is 4.57 Å². The summed E-state index contributed by atoms with van der Waals surface area (Å²) in [6, 6.07) is 9.81. The van der Waals surface area contributed by atoms with Gasteiger partial charge in [0.15, 0.2) is 4.80 Å². The SMILES string of the molecule is C=CCn1c(=NC(=O)c2cc(Cl)cc(Cl)c2)sc2cc(C(=O)OCC)ccc21. The highest BCUT2D eigenvalue weighted by Gasteiger charge is 2.13. The molecule has 3 rings (SSSR count). The molecule has 28 heavy (non-hydrogen) atoms. The lowest BCUT2D eigenvalue weighted by molar-refractivity contribution is 0.0526. The van der Waals surface area contributed by atoms with Crippen molar-refractivity contribution in [3.63, 3.8) is 0 Å². The summed E-state index contributed by atoms with van der Waals surface area (Å²) in [7, 11) is 0. The molecule has 2 aromatic carbocycles. The maximum absolute atomic E-state index is 12.6. The molecule has 1 amide bonds. The number of benzene rings is 2. The van der Waals surface area contributed by atoms with E-state index in [0.29, 0.717) is 39.1 Å². The van der Waals surface area contributed by atoms with E-state index in [1.54, 1.807) is 37.3 Å². The second kappa shape index (κ2) is 8.73. The second-order valence-electron chi connectivity index (χ2n) is 5.76. The molecule has 0 atom stereocenters. The molecule has 8 heteroatoms. The van der Waals surface area contributed by atoms with E-state index in [-0.39, 0.29) is 0 Å². The third-order valence-electron chi connectivity index (χ3n) is 3.81. The average Bonchev–Trinajstić information content (AvgIpc) is 2.98. The van der Waals surface area contributed by atoms with Crippen LogP contribution in [0.5, 0.6) is 0 Å². The Morgan fingerprint density at radius 2 is 1.89 bits per heavy atom. The van der Waals surface area contributed by atoms with Gasteiger partial charge in [0.1, 0.15) is 0 Å². The molecule has 0 radical (unpaired) electrons. The number of allylic oxidation sites excluding steroid dienone is 1. The fraction of sp³-hybridized carbons (Fsp3) is 0.150. The highest BCUT2D eigenvalue weighted by atomic mass is 35.5. The smallest absolute Gasteiger partial charge is 0.338 e. The lowest BCUT2D eigenvalue weighted by Gasteiger charge is -2.03. The number of hydrogen-bond acceptors (Lipinski definition) is 4. The predicted octanol–water partition coefficient (Wildman–Crippen LogP) is 5.11. The number of nitrogens with zero attached hydrogens (tertiary/aromatic N) is 2. The van der Waals surface area contributed by atoms with E-state index in [9.17, 15) is 9.59 Å². The summed E-state index contributed by atoms with van der Waals surface area (Å²) >= 11 is 13.3. The first kappa shape index (κ1) is 20.3. The molecule has 5 nitrogen and oxygen atoms in total. The van der Waals surface area contributed by atoms with Gasteiger partial charge in [0.05, 0.1) is 22.4 Å². The Balaban J connectivity index is 2.11. The Morgan fingerprint density at radius 1 is 1.18 bits per heavy atom. The third kappa shape index (κ3) is 4.35. The van der Waals surface area contributed by atoms with Gasteiger partial charge in [-0.05, 0) is 43.3 Å². The fourth-order valence-corrected chi connectivity index (χ4v) is 4.24. The minimum atomic E-state index is -0.459. The van der Waals surface area contributed by atoms with E-state index < -0.39 is 11.9 Å². The van der Waals surface area contributed by atoms with Crippen molar-refractivity contribution in [1.29, 1.82) is 0 Å². The molecule has 3 aromatic rings. The Morgan fingerprint density at radius 3 is 2.54 bits per heavy atom. The van der Waals surface area contributed by atoms with Crippen LogP contribution in [0.2, 0.25) is 10.0 Å². The molecule has 0 bridgehead atoms. The summed E-state index contributed by atoms with van der Waals surface area (Å²) in [5.41, 5.74) is 1.58. The summed E-state index contributed by atoms with van der Waals surface area (Å²) in [6.07, 6.45) is 1.71. The summed E-state index contributed by atoms with van der Waals surface area (Å²) in [6.45, 7) is 6.28. The first-order chi connectivity index (χ1) is 13.4. The largest absolute Gasteiger partial charge is 0.462 e. The number of amides is 1. The van der Waals surface area contributed by atoms with Crippen LogP contribution < -0.4 is 4.80 Å². The second-order valence-corrected chi connectivity index (χ2v) is 7.64. The first-order valence-electron chi connectivity index (χ1n) is 8.39. The van der Waals surface area contributed by atoms with Crippen LogP contribution in [-0.4, -0.2) is 23.1 Å². The molecule has 0 aliphatic heterocycles. The fourth-order valence-electron chi connectivity index (χ4n) is 2.63. The van der Waals surface area contributed by atoms with Gasteiger partial charge in [-0.25, -0.2) is 4.79 Å². The van der Waals surface area contributed by atoms with Crippen LogP contribution in [0, 0.1) is 0 Å². The van der Waals surface area contributed by atoms with Crippen molar-refractivity contribution < 1.29 is 14.3 Å². The van der Waals surface area contributed by atoms with Crippen molar-refractivity contribution in [3.05, 3.63) is 75.0 Å². The van der Waals surface area contributed by atoms with Gasteiger partial charge >= 0.3 is 5.97 Å². The molecule has 0 saturated carbocycles. The number of fused-ring (bicyclic) bond motifs is 1. The highest BCUT2D eigenvalue weighted by Crippen LogP contribution is 2.22. The van der Waals surface area contributed by atoms with Gasteiger partial charge < -0.3 is 9.30 Å². The average molecular weight is 435 g/mol. The van der Waals surface area contributed by atoms with E-state index in [0.717, 1.165) is 10.2 Å². The van der Waals surface area contributed by atoms with Gasteiger partial charge in [-0.15, -0.1) is 6.58 Å². The number of thiazole rings is 1. The van der Waals surface area contributed by atoms with E-state index in [1.165, 1.54) is 23.5 Å². The van der Waals surface area contributed by atoms with Gasteiger partial charge in [0, 0.05) is 22.2 Å². The van der Waals surface area contributed by atoms with Gasteiger partial charge in [0.25, 0.3) is 5.91 Å². The quantitative estimate of drug-likeness (QED) is 0.413. The molecule has 1 heterocycles. The number of hydrogen-bond donors (Lipinski definition) is 0. The molecule has 1 aromatic heterocycles. The molecule has 0 spiro atoms. The molecule has 0 unspecified atom stereocenters. The molecule has 0 aliphatic rings. The molecule has 0 saturated heterocycles. The Kier molecular flexibility index (Phi) is 6.34. The summed E-state index contributed by atoms with van der Waals surface area (Å²) in [5, 5.41) is 0.723. The van der Waals surface area contributed by atoms with Crippen molar-refractivity contribution >= 4 is 56.6 Å². The van der Waals surface area contributed by atoms with Crippen LogP contribution in [0.4, 0.5) is 0 Å². The van der Waals surface area contributed by atoms with Crippen molar-refractivity contribution in [1.82, 2.24) is 4.57 Å². The van der Waals surface area contributed by atoms with Gasteiger partial charge in [-0.2, -0.15) is 4.99 Å². The number of rotatable bonds is 5. The molecule has 0 fully saturated rings. The number of halogens is 2. The maximum atomic E-state index is 12.6. The minimum Gasteiger partial charge on any atom is -0.462 e. The topological polar surface area (TPSA) is 60.7 Å². The zero-order valence-electron chi connectivity index (χ0n) is 14.9. The first-order valence-corrected chi connectivity index (χ1v) is 9.96. The number of ether oxygens (including phenoxy) is 1. The normalized spacial score (nSPS) is 11.6. The number of carbonyl (C=O) groups is 2. The van der Waals surface area contributed by atoms with E-state index in [4.69, 9.17) is 27.9 Å². The number of esters is 1. The van der Waals surface area contributed by atoms with Gasteiger partial charge in [0.2, 0.25) is 0 Å². The molecular weight excluding hydrogens is 419 g/mol. The van der Waals surface area contributed by atoms with Crippen LogP contribution in [0.25, 0.3) is 10.2 Å². The highest BCUT2D eigenvalue weighted by molar-refractivity contribution is 7.16. The monoisotopic (exact) mass is 434 g/mol. The molecule has 0 N–H and O–H groups in total. The van der Waals surface area contributed by atoms with Crippen LogP contribution in [0.15, 0.2) is 54.0 Å². The van der Waals surface area contributed by atoms with E-state index in [2.05, 4.69) is 11.6 Å². The van der Waals surface area contributed by atoms with Gasteiger partial charge in [-0.3, -0.25) is 4.79 Å². The molecular formula is C20H16Cl2N2O3S. The lowest BCUT2D eigenvalue weighted by atomic mass is 10.2. The Hall–Kier alpha value is -2.41. The Bertz CT molecular complexity index is 1130. The predicted molar refractivity (Wildman–Crippen MR) is 112 cm³/mol. The number of carbonyl (C=O) groups excluding carboxylic acids is 2. The minimum absolute atomic E-state index is 0.298. The van der Waals surface area contributed by atoms with Crippen LogP contribution in [0.1, 0.15) is 27.6 Å². The van der Waals surface area contributed by atoms with Crippen molar-refractivity contribution in [3.8, 4) is 0 Å². The zero-order chi connectivity index (χ0) is 20.3.